The molecule has 2 aromatic carbocycles. The number of fused-ring (bicyclic) bond motifs is 1. The van der Waals surface area contributed by atoms with Crippen LogP contribution in [0.5, 0.6) is 0 Å². The van der Waals surface area contributed by atoms with Gasteiger partial charge >= 0.3 is 0 Å². The Balaban J connectivity index is 1.89. The lowest BCUT2D eigenvalue weighted by Crippen LogP contribution is -1.97. The van der Waals surface area contributed by atoms with Gasteiger partial charge in [0.25, 0.3) is 0 Å². The second-order valence-electron chi connectivity index (χ2n) is 5.73. The topological polar surface area (TPSA) is 37.3 Å². The minimum absolute atomic E-state index is 0.758. The van der Waals surface area contributed by atoms with E-state index in [0.29, 0.717) is 0 Å². The second-order valence-corrected chi connectivity index (χ2v) is 6.64. The van der Waals surface area contributed by atoms with Crippen molar-refractivity contribution < 1.29 is 0 Å². The van der Waals surface area contributed by atoms with E-state index in [1.54, 1.807) is 6.21 Å². The lowest BCUT2D eigenvalue weighted by Gasteiger charge is -2.09. The van der Waals surface area contributed by atoms with Gasteiger partial charge in [-0.1, -0.05) is 39.7 Å². The molecule has 3 rings (SSSR count). The molecule has 116 valence electrons. The molecule has 1 heterocycles. The Kier molecular flexibility index (Phi) is 4.44. The molecule has 0 aliphatic rings. The fraction of sp³-hybridized carbons (Fsp3) is 0.158. The van der Waals surface area contributed by atoms with E-state index >= 15 is 0 Å². The maximum Gasteiger partial charge on any atom is 0.147 e. The van der Waals surface area contributed by atoms with Crippen LogP contribution in [0.25, 0.3) is 10.9 Å². The van der Waals surface area contributed by atoms with Gasteiger partial charge in [0.15, 0.2) is 0 Å². The Bertz CT molecular complexity index is 901. The van der Waals surface area contributed by atoms with E-state index in [1.165, 1.54) is 22.1 Å². The molecule has 3 aromatic rings. The highest BCUT2D eigenvalue weighted by molar-refractivity contribution is 9.10. The van der Waals surface area contributed by atoms with Gasteiger partial charge in [-0.2, -0.15) is 5.10 Å². The Labute approximate surface area is 144 Å². The molecule has 0 saturated carbocycles. The molecule has 0 aliphatic heterocycles. The van der Waals surface area contributed by atoms with E-state index in [0.717, 1.165) is 21.4 Å². The van der Waals surface area contributed by atoms with Crippen molar-refractivity contribution >= 4 is 38.9 Å². The summed E-state index contributed by atoms with van der Waals surface area (Å²) in [5.41, 5.74) is 8.72. The van der Waals surface area contributed by atoms with Gasteiger partial charge in [-0.05, 0) is 61.7 Å². The van der Waals surface area contributed by atoms with Crippen molar-refractivity contribution in [2.75, 3.05) is 5.43 Å². The third-order valence-electron chi connectivity index (χ3n) is 3.70. The van der Waals surface area contributed by atoms with Gasteiger partial charge in [-0.15, -0.1) is 0 Å². The molecule has 1 aromatic heterocycles. The summed E-state index contributed by atoms with van der Waals surface area (Å²) in [6.07, 6.45) is 1.79. The first-order chi connectivity index (χ1) is 11.0. The number of halogens is 1. The van der Waals surface area contributed by atoms with Gasteiger partial charge in [0.1, 0.15) is 5.82 Å². The van der Waals surface area contributed by atoms with Crippen LogP contribution in [0.15, 0.2) is 52.0 Å². The molecule has 0 radical (unpaired) electrons. The molecule has 0 unspecified atom stereocenters. The predicted octanol–water partition coefficient (Wildman–Crippen LogP) is 5.37. The molecule has 23 heavy (non-hydrogen) atoms. The second kappa shape index (κ2) is 6.50. The van der Waals surface area contributed by atoms with Crippen molar-refractivity contribution in [2.24, 2.45) is 5.10 Å². The summed E-state index contributed by atoms with van der Waals surface area (Å²) < 4.78 is 1.03. The molecule has 3 nitrogen and oxygen atoms in total. The lowest BCUT2D eigenvalue weighted by molar-refractivity contribution is 1.24. The summed E-state index contributed by atoms with van der Waals surface area (Å²) in [5, 5.41) is 5.49. The van der Waals surface area contributed by atoms with Crippen LogP contribution in [0.3, 0.4) is 0 Å². The highest BCUT2D eigenvalue weighted by atomic mass is 79.9. The van der Waals surface area contributed by atoms with Crippen LogP contribution in [-0.4, -0.2) is 11.2 Å². The third kappa shape index (κ3) is 3.59. The van der Waals surface area contributed by atoms with Crippen LogP contribution in [-0.2, 0) is 0 Å². The van der Waals surface area contributed by atoms with Crippen molar-refractivity contribution in [1.82, 2.24) is 4.98 Å². The van der Waals surface area contributed by atoms with Crippen LogP contribution < -0.4 is 5.43 Å². The summed E-state index contributed by atoms with van der Waals surface area (Å²) in [5.74, 6) is 0.758. The highest BCUT2D eigenvalue weighted by Crippen LogP contribution is 2.24. The molecule has 1 N–H and O–H groups in total. The Morgan fingerprint density at radius 2 is 1.87 bits per heavy atom. The van der Waals surface area contributed by atoms with Gasteiger partial charge in [0.05, 0.1) is 11.7 Å². The maximum atomic E-state index is 4.69. The van der Waals surface area contributed by atoms with Crippen molar-refractivity contribution in [2.45, 2.75) is 20.8 Å². The first-order valence-corrected chi connectivity index (χ1v) is 8.25. The van der Waals surface area contributed by atoms with Gasteiger partial charge in [-0.3, -0.25) is 5.43 Å². The molecule has 0 fully saturated rings. The Morgan fingerprint density at radius 3 is 2.65 bits per heavy atom. The fourth-order valence-corrected chi connectivity index (χ4v) is 3.08. The van der Waals surface area contributed by atoms with E-state index in [4.69, 9.17) is 4.98 Å². The molecule has 0 saturated heterocycles. The largest absolute Gasteiger partial charge is 0.261 e. The lowest BCUT2D eigenvalue weighted by atomic mass is 10.0. The first kappa shape index (κ1) is 15.7. The quantitative estimate of drug-likeness (QED) is 0.499. The zero-order valence-corrected chi connectivity index (χ0v) is 15.0. The Hall–Kier alpha value is -2.20. The number of hydrazone groups is 1. The number of aryl methyl sites for hydroxylation is 3. The Morgan fingerprint density at radius 1 is 1.04 bits per heavy atom. The molecule has 0 bridgehead atoms. The number of hydrogen-bond acceptors (Lipinski definition) is 3. The van der Waals surface area contributed by atoms with Gasteiger partial charge < -0.3 is 0 Å². The normalized spacial score (nSPS) is 11.3. The molecule has 0 atom stereocenters. The number of pyridine rings is 1. The minimum Gasteiger partial charge on any atom is -0.261 e. The van der Waals surface area contributed by atoms with Crippen molar-refractivity contribution in [1.29, 1.82) is 0 Å². The van der Waals surface area contributed by atoms with Crippen LogP contribution in [0, 0.1) is 20.8 Å². The number of anilines is 1. The molecule has 4 heteroatoms. The summed E-state index contributed by atoms with van der Waals surface area (Å²) in [7, 11) is 0. The van der Waals surface area contributed by atoms with Crippen LogP contribution >= 0.6 is 15.9 Å². The van der Waals surface area contributed by atoms with Gasteiger partial charge in [-0.25, -0.2) is 4.98 Å². The van der Waals surface area contributed by atoms with Crippen molar-refractivity contribution in [3.63, 3.8) is 0 Å². The summed E-state index contributed by atoms with van der Waals surface area (Å²) in [6, 6.07) is 14.3. The number of rotatable bonds is 3. The van der Waals surface area contributed by atoms with E-state index in [1.807, 2.05) is 30.3 Å². The molecule has 0 spiro atoms. The number of aromatic nitrogens is 1. The molecular formula is C19H18BrN3. The van der Waals surface area contributed by atoms with E-state index < -0.39 is 0 Å². The van der Waals surface area contributed by atoms with Gasteiger partial charge in [0, 0.05) is 9.86 Å². The SMILES string of the molecule is Cc1cc(C)c2nc(NN=Cc3cccc(Br)c3)cc(C)c2c1. The smallest absolute Gasteiger partial charge is 0.147 e. The average molecular weight is 368 g/mol. The molecular weight excluding hydrogens is 350 g/mol. The van der Waals surface area contributed by atoms with Crippen LogP contribution in [0.1, 0.15) is 22.3 Å². The maximum absolute atomic E-state index is 4.69. The third-order valence-corrected chi connectivity index (χ3v) is 4.19. The summed E-state index contributed by atoms with van der Waals surface area (Å²) >= 11 is 3.45. The monoisotopic (exact) mass is 367 g/mol. The van der Waals surface area contributed by atoms with Crippen LogP contribution in [0.2, 0.25) is 0 Å². The predicted molar refractivity (Wildman–Crippen MR) is 101 cm³/mol. The average Bonchev–Trinajstić information content (AvgIpc) is 2.49. The molecule has 0 aliphatic carbocycles. The van der Waals surface area contributed by atoms with E-state index in [2.05, 4.69) is 59.4 Å². The minimum atomic E-state index is 0.758. The van der Waals surface area contributed by atoms with E-state index in [9.17, 15) is 0 Å². The van der Waals surface area contributed by atoms with Crippen molar-refractivity contribution in [3.8, 4) is 0 Å². The van der Waals surface area contributed by atoms with Crippen molar-refractivity contribution in [3.05, 3.63) is 69.2 Å². The number of nitrogens with zero attached hydrogens (tertiary/aromatic N) is 2. The fourth-order valence-electron chi connectivity index (χ4n) is 2.66. The zero-order valence-electron chi connectivity index (χ0n) is 13.4. The summed E-state index contributed by atoms with van der Waals surface area (Å²) in [4.78, 5) is 4.69. The standard InChI is InChI=1S/C19H18BrN3/c1-12-7-14(3)19-17(8-12)13(2)9-18(22-19)23-21-11-15-5-4-6-16(20)10-15/h4-11H,1-3H3,(H,22,23). The molecule has 0 amide bonds. The highest BCUT2D eigenvalue weighted by Gasteiger charge is 2.05. The number of benzene rings is 2. The zero-order chi connectivity index (χ0) is 16.4. The van der Waals surface area contributed by atoms with Crippen LogP contribution in [0.4, 0.5) is 5.82 Å². The number of nitrogens with one attached hydrogen (secondary N) is 1. The van der Waals surface area contributed by atoms with Gasteiger partial charge in [0.2, 0.25) is 0 Å². The number of hydrogen-bond donors (Lipinski definition) is 1. The van der Waals surface area contributed by atoms with E-state index in [-0.39, 0.29) is 0 Å². The summed E-state index contributed by atoms with van der Waals surface area (Å²) in [6.45, 7) is 6.31. The first-order valence-electron chi connectivity index (χ1n) is 7.46.